The van der Waals surface area contributed by atoms with Crippen LogP contribution in [0.15, 0.2) is 12.7 Å². The van der Waals surface area contributed by atoms with Gasteiger partial charge in [0.05, 0.1) is 0 Å². The van der Waals surface area contributed by atoms with E-state index in [9.17, 15) is 4.79 Å². The van der Waals surface area contributed by atoms with Gasteiger partial charge in [0.25, 0.3) is 0 Å². The van der Waals surface area contributed by atoms with Crippen LogP contribution in [0.3, 0.4) is 0 Å². The first kappa shape index (κ1) is 12.1. The van der Waals surface area contributed by atoms with E-state index in [0.29, 0.717) is 12.0 Å². The molecule has 0 bridgehead atoms. The maximum Gasteiger partial charge on any atom is 0.414 e. The first-order valence-electron chi connectivity index (χ1n) is 5.50. The SMILES string of the molecule is C=CCOC(=O)Nc1nc(N)nc(NC2CC2)n1. The summed E-state index contributed by atoms with van der Waals surface area (Å²) >= 11 is 0. The van der Waals surface area contributed by atoms with E-state index < -0.39 is 6.09 Å². The molecule has 1 amide bonds. The normalized spacial score (nSPS) is 13.8. The zero-order valence-electron chi connectivity index (χ0n) is 9.72. The molecule has 1 aromatic rings. The Morgan fingerprint density at radius 2 is 2.17 bits per heavy atom. The highest BCUT2D eigenvalue weighted by molar-refractivity contribution is 5.82. The molecule has 0 radical (unpaired) electrons. The van der Waals surface area contributed by atoms with Crippen LogP contribution >= 0.6 is 0 Å². The Labute approximate surface area is 104 Å². The lowest BCUT2D eigenvalue weighted by atomic mass is 10.7. The first-order chi connectivity index (χ1) is 8.67. The summed E-state index contributed by atoms with van der Waals surface area (Å²) in [5.41, 5.74) is 5.52. The van der Waals surface area contributed by atoms with E-state index in [-0.39, 0.29) is 18.5 Å². The largest absolute Gasteiger partial charge is 0.445 e. The molecular weight excluding hydrogens is 236 g/mol. The van der Waals surface area contributed by atoms with Crippen molar-refractivity contribution in [3.8, 4) is 0 Å². The molecule has 2 rings (SSSR count). The number of hydrogen-bond donors (Lipinski definition) is 3. The maximum absolute atomic E-state index is 11.3. The molecule has 8 heteroatoms. The summed E-state index contributed by atoms with van der Waals surface area (Å²) in [6.45, 7) is 3.54. The number of nitrogens with one attached hydrogen (secondary N) is 2. The average Bonchev–Trinajstić information content (AvgIpc) is 3.09. The minimum atomic E-state index is -0.669. The Balaban J connectivity index is 1.99. The van der Waals surface area contributed by atoms with Gasteiger partial charge in [-0.15, -0.1) is 0 Å². The Morgan fingerprint density at radius 3 is 2.83 bits per heavy atom. The number of ether oxygens (including phenoxy) is 1. The third-order valence-corrected chi connectivity index (χ3v) is 2.11. The topological polar surface area (TPSA) is 115 Å². The van der Waals surface area contributed by atoms with Gasteiger partial charge in [-0.3, -0.25) is 5.32 Å². The van der Waals surface area contributed by atoms with Gasteiger partial charge < -0.3 is 15.8 Å². The summed E-state index contributed by atoms with van der Waals surface area (Å²) in [6, 6.07) is 0.382. The molecule has 1 aliphatic carbocycles. The number of nitrogens with two attached hydrogens (primary N) is 1. The molecular formula is C10H14N6O2. The zero-order valence-corrected chi connectivity index (χ0v) is 9.72. The van der Waals surface area contributed by atoms with Gasteiger partial charge in [-0.2, -0.15) is 15.0 Å². The van der Waals surface area contributed by atoms with Crippen LogP contribution in [0.1, 0.15) is 12.8 Å². The van der Waals surface area contributed by atoms with Gasteiger partial charge in [-0.1, -0.05) is 12.7 Å². The van der Waals surface area contributed by atoms with Gasteiger partial charge >= 0.3 is 6.09 Å². The van der Waals surface area contributed by atoms with Crippen molar-refractivity contribution in [1.82, 2.24) is 15.0 Å². The summed E-state index contributed by atoms with van der Waals surface area (Å²) < 4.78 is 4.74. The number of anilines is 3. The van der Waals surface area contributed by atoms with Gasteiger partial charge in [-0.25, -0.2) is 4.79 Å². The van der Waals surface area contributed by atoms with Crippen molar-refractivity contribution >= 4 is 23.9 Å². The number of amides is 1. The highest BCUT2D eigenvalue weighted by Gasteiger charge is 2.22. The summed E-state index contributed by atoms with van der Waals surface area (Å²) in [4.78, 5) is 23.0. The van der Waals surface area contributed by atoms with Crippen molar-refractivity contribution < 1.29 is 9.53 Å². The second-order valence-corrected chi connectivity index (χ2v) is 3.77. The predicted octanol–water partition coefficient (Wildman–Crippen LogP) is 0.763. The monoisotopic (exact) mass is 250 g/mol. The predicted molar refractivity (Wildman–Crippen MR) is 66.1 cm³/mol. The second-order valence-electron chi connectivity index (χ2n) is 3.77. The van der Waals surface area contributed by atoms with Crippen LogP contribution in [0, 0.1) is 0 Å². The molecule has 1 saturated carbocycles. The van der Waals surface area contributed by atoms with Gasteiger partial charge in [0.1, 0.15) is 6.61 Å². The third-order valence-electron chi connectivity index (χ3n) is 2.11. The molecule has 1 heterocycles. The Hall–Kier alpha value is -2.38. The van der Waals surface area contributed by atoms with Crippen molar-refractivity contribution in [3.63, 3.8) is 0 Å². The van der Waals surface area contributed by atoms with Crippen molar-refractivity contribution in [2.24, 2.45) is 0 Å². The number of carbonyl (C=O) groups excluding carboxylic acids is 1. The first-order valence-corrected chi connectivity index (χ1v) is 5.50. The highest BCUT2D eigenvalue weighted by atomic mass is 16.5. The van der Waals surface area contributed by atoms with Crippen LogP contribution in [0.4, 0.5) is 22.6 Å². The van der Waals surface area contributed by atoms with Crippen LogP contribution < -0.4 is 16.4 Å². The summed E-state index contributed by atoms with van der Waals surface area (Å²) in [7, 11) is 0. The van der Waals surface area contributed by atoms with E-state index in [1.165, 1.54) is 6.08 Å². The quantitative estimate of drug-likeness (QED) is 0.661. The lowest BCUT2D eigenvalue weighted by molar-refractivity contribution is 0.174. The maximum atomic E-state index is 11.3. The molecule has 1 aliphatic rings. The van der Waals surface area contributed by atoms with Crippen molar-refractivity contribution in [3.05, 3.63) is 12.7 Å². The van der Waals surface area contributed by atoms with Gasteiger partial charge in [0.15, 0.2) is 0 Å². The molecule has 4 N–H and O–H groups in total. The van der Waals surface area contributed by atoms with Crippen molar-refractivity contribution in [2.45, 2.75) is 18.9 Å². The molecule has 0 spiro atoms. The molecule has 96 valence electrons. The summed E-state index contributed by atoms with van der Waals surface area (Å²) in [6.07, 6.45) is 2.95. The van der Waals surface area contributed by atoms with Crippen LogP contribution in [-0.2, 0) is 4.74 Å². The molecule has 1 fully saturated rings. The fraction of sp³-hybridized carbons (Fsp3) is 0.400. The number of hydrogen-bond acceptors (Lipinski definition) is 7. The molecule has 0 aliphatic heterocycles. The standard InChI is InChI=1S/C10H14N6O2/c1-2-5-18-10(17)16-9-14-7(11)13-8(15-9)12-6-3-4-6/h2,6H,1,3-5H2,(H4,11,12,13,14,15,16,17). The minimum absolute atomic E-state index is 0.0344. The Kier molecular flexibility index (Phi) is 3.56. The van der Waals surface area contributed by atoms with Crippen LogP contribution in [0.2, 0.25) is 0 Å². The van der Waals surface area contributed by atoms with E-state index in [2.05, 4.69) is 32.2 Å². The molecule has 0 unspecified atom stereocenters. The number of rotatable bonds is 5. The molecule has 0 saturated heterocycles. The van der Waals surface area contributed by atoms with Gasteiger partial charge in [0, 0.05) is 6.04 Å². The van der Waals surface area contributed by atoms with Crippen molar-refractivity contribution in [1.29, 1.82) is 0 Å². The lowest BCUT2D eigenvalue weighted by Gasteiger charge is -2.07. The second kappa shape index (κ2) is 5.30. The van der Waals surface area contributed by atoms with E-state index in [1.54, 1.807) is 0 Å². The number of carbonyl (C=O) groups is 1. The molecule has 0 atom stereocenters. The van der Waals surface area contributed by atoms with E-state index in [1.807, 2.05) is 0 Å². The van der Waals surface area contributed by atoms with Crippen LogP contribution in [0.25, 0.3) is 0 Å². The molecule has 18 heavy (non-hydrogen) atoms. The fourth-order valence-corrected chi connectivity index (χ4v) is 1.18. The fourth-order valence-electron chi connectivity index (χ4n) is 1.18. The lowest BCUT2D eigenvalue weighted by Crippen LogP contribution is -2.18. The number of nitrogen functional groups attached to an aromatic ring is 1. The number of nitrogens with zero attached hydrogens (tertiary/aromatic N) is 3. The molecule has 0 aromatic carbocycles. The summed E-state index contributed by atoms with van der Waals surface area (Å²) in [5, 5.41) is 5.42. The average molecular weight is 250 g/mol. The van der Waals surface area contributed by atoms with E-state index >= 15 is 0 Å². The van der Waals surface area contributed by atoms with Gasteiger partial charge in [-0.05, 0) is 12.8 Å². The smallest absolute Gasteiger partial charge is 0.414 e. The Bertz CT molecular complexity index is 460. The highest BCUT2D eigenvalue weighted by Crippen LogP contribution is 2.23. The zero-order chi connectivity index (χ0) is 13.0. The summed E-state index contributed by atoms with van der Waals surface area (Å²) in [5.74, 6) is 0.441. The van der Waals surface area contributed by atoms with Crippen LogP contribution in [0.5, 0.6) is 0 Å². The van der Waals surface area contributed by atoms with Crippen LogP contribution in [-0.4, -0.2) is 33.7 Å². The van der Waals surface area contributed by atoms with E-state index in [0.717, 1.165) is 12.8 Å². The van der Waals surface area contributed by atoms with Gasteiger partial charge in [0.2, 0.25) is 17.8 Å². The molecule has 8 nitrogen and oxygen atoms in total. The minimum Gasteiger partial charge on any atom is -0.445 e. The van der Waals surface area contributed by atoms with E-state index in [4.69, 9.17) is 10.5 Å². The number of aromatic nitrogens is 3. The third kappa shape index (κ3) is 3.58. The molecule has 1 aromatic heterocycles. The van der Waals surface area contributed by atoms with Crippen molar-refractivity contribution in [2.75, 3.05) is 23.0 Å². The Morgan fingerprint density at radius 1 is 1.44 bits per heavy atom.